The van der Waals surface area contributed by atoms with E-state index in [0.29, 0.717) is 5.39 Å². The number of carbonyl (C=O) groups is 2. The van der Waals surface area contributed by atoms with E-state index in [9.17, 15) is 24.1 Å². The van der Waals surface area contributed by atoms with Crippen LogP contribution in [-0.2, 0) is 19.1 Å². The second kappa shape index (κ2) is 7.07. The third-order valence-electron chi connectivity index (χ3n) is 3.63. The first-order valence-electron chi connectivity index (χ1n) is 6.83. The summed E-state index contributed by atoms with van der Waals surface area (Å²) in [5, 5.41) is 11.5. The molecule has 0 aliphatic rings. The van der Waals surface area contributed by atoms with Crippen molar-refractivity contribution in [1.82, 2.24) is 0 Å². The first-order valence-corrected chi connectivity index (χ1v) is 6.83. The molecule has 24 heavy (non-hydrogen) atoms. The smallest absolute Gasteiger partial charge is 0.320 e. The second-order valence-corrected chi connectivity index (χ2v) is 4.98. The van der Waals surface area contributed by atoms with Gasteiger partial charge in [0.15, 0.2) is 5.92 Å². The highest BCUT2D eigenvalue weighted by atomic mass is 19.1. The van der Waals surface area contributed by atoms with Crippen LogP contribution in [0.1, 0.15) is 11.5 Å². The quantitative estimate of drug-likeness (QED) is 0.342. The van der Waals surface area contributed by atoms with Crippen LogP contribution >= 0.6 is 0 Å². The maximum Gasteiger partial charge on any atom is 0.320 e. The summed E-state index contributed by atoms with van der Waals surface area (Å²) in [6.45, 7) is -0.852. The first kappa shape index (κ1) is 17.4. The molecule has 2 aromatic rings. The van der Waals surface area contributed by atoms with Gasteiger partial charge in [-0.25, -0.2) is 4.39 Å². The van der Waals surface area contributed by atoms with Gasteiger partial charge in [0, 0.05) is 16.4 Å². The number of esters is 2. The molecule has 8 nitrogen and oxygen atoms in total. The highest BCUT2D eigenvalue weighted by Crippen LogP contribution is 2.32. The van der Waals surface area contributed by atoms with E-state index in [1.165, 1.54) is 18.4 Å². The summed E-state index contributed by atoms with van der Waals surface area (Å²) in [6.07, 6.45) is 1.33. The molecular formula is C15H14FNO7. The molecule has 2 rings (SSSR count). The van der Waals surface area contributed by atoms with Crippen molar-refractivity contribution in [2.24, 2.45) is 5.92 Å². The average Bonchev–Trinajstić information content (AvgIpc) is 2.99. The Morgan fingerprint density at radius 2 is 1.92 bits per heavy atom. The van der Waals surface area contributed by atoms with Crippen LogP contribution < -0.4 is 0 Å². The number of benzene rings is 1. The van der Waals surface area contributed by atoms with Gasteiger partial charge in [0.25, 0.3) is 0 Å². The predicted octanol–water partition coefficient (Wildman–Crippen LogP) is 1.89. The monoisotopic (exact) mass is 339 g/mol. The van der Waals surface area contributed by atoms with Crippen LogP contribution in [-0.4, -0.2) is 37.6 Å². The summed E-state index contributed by atoms with van der Waals surface area (Å²) >= 11 is 0. The molecule has 0 radical (unpaired) electrons. The molecule has 0 fully saturated rings. The fourth-order valence-corrected chi connectivity index (χ4v) is 2.51. The molecule has 0 N–H and O–H groups in total. The van der Waals surface area contributed by atoms with E-state index in [4.69, 9.17) is 4.42 Å². The number of nitro groups is 1. The van der Waals surface area contributed by atoms with Gasteiger partial charge < -0.3 is 13.9 Å². The number of hydrogen-bond donors (Lipinski definition) is 0. The number of furan rings is 1. The van der Waals surface area contributed by atoms with Crippen molar-refractivity contribution in [3.05, 3.63) is 46.0 Å². The lowest BCUT2D eigenvalue weighted by Crippen LogP contribution is -2.36. The normalized spacial score (nSPS) is 12.2. The van der Waals surface area contributed by atoms with Crippen molar-refractivity contribution in [2.75, 3.05) is 20.8 Å². The molecule has 0 aliphatic heterocycles. The molecule has 1 unspecified atom stereocenters. The summed E-state index contributed by atoms with van der Waals surface area (Å²) in [7, 11) is 2.05. The molecule has 0 amide bonds. The van der Waals surface area contributed by atoms with Gasteiger partial charge >= 0.3 is 11.9 Å². The van der Waals surface area contributed by atoms with Crippen molar-refractivity contribution in [1.29, 1.82) is 0 Å². The third kappa shape index (κ3) is 3.34. The van der Waals surface area contributed by atoms with Gasteiger partial charge in [-0.15, -0.1) is 0 Å². The number of carbonyl (C=O) groups excluding carboxylic acids is 2. The van der Waals surface area contributed by atoms with Crippen LogP contribution in [0.25, 0.3) is 11.0 Å². The third-order valence-corrected chi connectivity index (χ3v) is 3.63. The molecular weight excluding hydrogens is 325 g/mol. The van der Waals surface area contributed by atoms with Crippen molar-refractivity contribution in [2.45, 2.75) is 5.92 Å². The Bertz CT molecular complexity index is 769. The zero-order valence-electron chi connectivity index (χ0n) is 12.9. The maximum atomic E-state index is 14.4. The fourth-order valence-electron chi connectivity index (χ4n) is 2.51. The van der Waals surface area contributed by atoms with E-state index in [-0.39, 0.29) is 11.1 Å². The molecule has 1 atom stereocenters. The number of ether oxygens (including phenoxy) is 2. The number of halogens is 1. The fraction of sp³-hybridized carbons (Fsp3) is 0.333. The van der Waals surface area contributed by atoms with Crippen LogP contribution in [0.15, 0.2) is 28.9 Å². The number of fused-ring (bicyclic) bond motifs is 1. The molecule has 9 heteroatoms. The van der Waals surface area contributed by atoms with Crippen molar-refractivity contribution < 1.29 is 32.8 Å². The number of hydrogen-bond acceptors (Lipinski definition) is 7. The van der Waals surface area contributed by atoms with Gasteiger partial charge in [0.1, 0.15) is 11.4 Å². The predicted molar refractivity (Wildman–Crippen MR) is 78.3 cm³/mol. The summed E-state index contributed by atoms with van der Waals surface area (Å²) < 4.78 is 28.5. The lowest BCUT2D eigenvalue weighted by Gasteiger charge is -2.21. The zero-order chi connectivity index (χ0) is 17.9. The Balaban J connectivity index is 2.59. The van der Waals surface area contributed by atoms with Crippen LogP contribution in [0.2, 0.25) is 0 Å². The van der Waals surface area contributed by atoms with Crippen molar-refractivity contribution >= 4 is 22.9 Å². The van der Waals surface area contributed by atoms with E-state index in [1.54, 1.807) is 0 Å². The van der Waals surface area contributed by atoms with Crippen molar-refractivity contribution in [3.63, 3.8) is 0 Å². The topological polar surface area (TPSA) is 109 Å². The molecule has 0 spiro atoms. The Morgan fingerprint density at radius 1 is 1.29 bits per heavy atom. The van der Waals surface area contributed by atoms with Gasteiger partial charge in [-0.3, -0.25) is 19.7 Å². The molecule has 0 aliphatic carbocycles. The van der Waals surface area contributed by atoms with Crippen LogP contribution in [0.3, 0.4) is 0 Å². The summed E-state index contributed by atoms with van der Waals surface area (Å²) in [5.41, 5.74) is 0.0742. The zero-order valence-corrected chi connectivity index (χ0v) is 12.9. The lowest BCUT2D eigenvalue weighted by molar-refractivity contribution is -0.484. The van der Waals surface area contributed by atoms with E-state index in [0.717, 1.165) is 20.3 Å². The standard InChI is InChI=1S/C15H14FNO7/c1-22-14(18)13(15(19)23-2)10(7-17(20)21)9-5-8-3-4-24-12(8)6-11(9)16/h3-6,10,13H,7H2,1-2H3. The minimum Gasteiger partial charge on any atom is -0.468 e. The minimum atomic E-state index is -1.66. The van der Waals surface area contributed by atoms with Gasteiger partial charge in [-0.1, -0.05) is 0 Å². The molecule has 0 saturated carbocycles. The molecule has 1 heterocycles. The lowest BCUT2D eigenvalue weighted by atomic mass is 9.85. The first-order chi connectivity index (χ1) is 11.4. The summed E-state index contributed by atoms with van der Waals surface area (Å²) in [6, 6.07) is 3.89. The second-order valence-electron chi connectivity index (χ2n) is 4.98. The van der Waals surface area contributed by atoms with Gasteiger partial charge in [-0.05, 0) is 17.7 Å². The highest BCUT2D eigenvalue weighted by Gasteiger charge is 2.42. The summed E-state index contributed by atoms with van der Waals surface area (Å²) in [4.78, 5) is 34.2. The van der Waals surface area contributed by atoms with Crippen LogP contribution in [0.5, 0.6) is 0 Å². The van der Waals surface area contributed by atoms with E-state index < -0.39 is 41.1 Å². The number of rotatable bonds is 6. The molecule has 1 aromatic heterocycles. The van der Waals surface area contributed by atoms with Crippen molar-refractivity contribution in [3.8, 4) is 0 Å². The molecule has 1 aromatic carbocycles. The minimum absolute atomic E-state index is 0.165. The van der Waals surface area contributed by atoms with Crippen LogP contribution in [0.4, 0.5) is 4.39 Å². The Kier molecular flexibility index (Phi) is 5.12. The average molecular weight is 339 g/mol. The van der Waals surface area contributed by atoms with E-state index >= 15 is 0 Å². The summed E-state index contributed by atoms with van der Waals surface area (Å²) in [5.74, 6) is -5.97. The number of nitrogens with zero attached hydrogens (tertiary/aromatic N) is 1. The molecule has 0 bridgehead atoms. The SMILES string of the molecule is COC(=O)C(C(=O)OC)C(C[N+](=O)[O-])c1cc2ccoc2cc1F. The maximum absolute atomic E-state index is 14.4. The largest absolute Gasteiger partial charge is 0.468 e. The highest BCUT2D eigenvalue weighted by molar-refractivity contribution is 5.96. The Labute approximate surface area is 135 Å². The Hall–Kier alpha value is -2.97. The Morgan fingerprint density at radius 3 is 2.46 bits per heavy atom. The van der Waals surface area contributed by atoms with E-state index in [2.05, 4.69) is 9.47 Å². The molecule has 0 saturated heterocycles. The van der Waals surface area contributed by atoms with Gasteiger partial charge in [0.05, 0.1) is 26.4 Å². The van der Waals surface area contributed by atoms with Gasteiger partial charge in [-0.2, -0.15) is 0 Å². The van der Waals surface area contributed by atoms with E-state index in [1.807, 2.05) is 0 Å². The number of methoxy groups -OCH3 is 2. The van der Waals surface area contributed by atoms with Gasteiger partial charge in [0.2, 0.25) is 6.54 Å². The molecule has 128 valence electrons. The van der Waals surface area contributed by atoms with Crippen LogP contribution in [0, 0.1) is 21.8 Å².